The molecule has 3 nitrogen and oxygen atoms in total. The second-order valence-electron chi connectivity index (χ2n) is 8.59. The number of benzene rings is 3. The number of rotatable bonds is 5. The Hall–Kier alpha value is -2.69. The van der Waals surface area contributed by atoms with Gasteiger partial charge < -0.3 is 14.4 Å². The van der Waals surface area contributed by atoms with E-state index < -0.39 is 0 Å². The van der Waals surface area contributed by atoms with Crippen LogP contribution in [-0.4, -0.2) is 30.7 Å². The molecule has 2 N–H and O–H groups in total. The molecule has 0 amide bonds. The Kier molecular flexibility index (Phi) is 5.28. The van der Waals surface area contributed by atoms with Crippen molar-refractivity contribution in [3.63, 3.8) is 0 Å². The number of piperazine rings is 1. The molecule has 0 saturated carbocycles. The van der Waals surface area contributed by atoms with E-state index in [9.17, 15) is 4.39 Å². The van der Waals surface area contributed by atoms with Crippen molar-refractivity contribution in [1.29, 1.82) is 0 Å². The smallest absolute Gasteiger partial charge is 0.127 e. The molecule has 0 spiro atoms. The van der Waals surface area contributed by atoms with E-state index in [-0.39, 0.29) is 5.82 Å². The van der Waals surface area contributed by atoms with Gasteiger partial charge in [0.25, 0.3) is 0 Å². The molecule has 0 atom stereocenters. The van der Waals surface area contributed by atoms with Gasteiger partial charge >= 0.3 is 0 Å². The summed E-state index contributed by atoms with van der Waals surface area (Å²) < 4.78 is 15.5. The first-order chi connectivity index (χ1) is 14.7. The van der Waals surface area contributed by atoms with Gasteiger partial charge in [-0.15, -0.1) is 0 Å². The van der Waals surface area contributed by atoms with Gasteiger partial charge in [0.1, 0.15) is 45.1 Å². The van der Waals surface area contributed by atoms with Crippen molar-refractivity contribution in [1.82, 2.24) is 4.57 Å². The quantitative estimate of drug-likeness (QED) is 0.509. The van der Waals surface area contributed by atoms with E-state index in [2.05, 4.69) is 54.0 Å². The van der Waals surface area contributed by atoms with Crippen LogP contribution in [0, 0.1) is 5.82 Å². The number of aromatic nitrogens is 1. The average Bonchev–Trinajstić information content (AvgIpc) is 3.10. The lowest BCUT2D eigenvalue weighted by atomic mass is 10.1. The van der Waals surface area contributed by atoms with E-state index in [0.717, 1.165) is 19.6 Å². The van der Waals surface area contributed by atoms with Crippen LogP contribution in [0.5, 0.6) is 0 Å². The first-order valence-corrected chi connectivity index (χ1v) is 11.1. The highest BCUT2D eigenvalue weighted by atomic mass is 19.1. The highest BCUT2D eigenvalue weighted by Crippen LogP contribution is 2.29. The van der Waals surface area contributed by atoms with E-state index in [4.69, 9.17) is 0 Å². The number of quaternary nitrogens is 2. The zero-order valence-electron chi connectivity index (χ0n) is 17.6. The van der Waals surface area contributed by atoms with Crippen LogP contribution in [0.3, 0.4) is 0 Å². The standard InChI is InChI=1S/C26H28FN3/c1-2-30-25-6-4-3-5-23(25)24-17-21(9-12-26(24)30)19-29-15-13-28(14-16-29)18-20-7-10-22(27)11-8-20/h3-12,17H,2,13-16,18-19H2,1H3/p+2. The molecule has 1 fully saturated rings. The number of hydrogen-bond donors (Lipinski definition) is 2. The molecular weight excluding hydrogens is 373 g/mol. The molecule has 5 rings (SSSR count). The number of hydrogen-bond acceptors (Lipinski definition) is 0. The number of para-hydroxylation sites is 1. The van der Waals surface area contributed by atoms with E-state index in [0.29, 0.717) is 0 Å². The molecule has 0 bridgehead atoms. The lowest BCUT2D eigenvalue weighted by Gasteiger charge is -2.29. The summed E-state index contributed by atoms with van der Waals surface area (Å²) in [4.78, 5) is 3.27. The SMILES string of the molecule is CCn1c2ccccc2c2cc(C[NH+]3CC[NH+](Cc4ccc(F)cc4)CC3)ccc21. The monoisotopic (exact) mass is 403 g/mol. The summed E-state index contributed by atoms with van der Waals surface area (Å²) in [5, 5.41) is 2.74. The highest BCUT2D eigenvalue weighted by Gasteiger charge is 2.23. The van der Waals surface area contributed by atoms with Gasteiger partial charge in [-0.2, -0.15) is 0 Å². The Morgan fingerprint density at radius 1 is 0.733 bits per heavy atom. The molecule has 4 aromatic rings. The van der Waals surface area contributed by atoms with Gasteiger partial charge in [-0.25, -0.2) is 4.39 Å². The van der Waals surface area contributed by atoms with Crippen molar-refractivity contribution in [3.05, 3.63) is 83.7 Å². The predicted octanol–water partition coefficient (Wildman–Crippen LogP) is 2.44. The first kappa shape index (κ1) is 19.3. The van der Waals surface area contributed by atoms with E-state index >= 15 is 0 Å². The molecule has 1 aliphatic rings. The number of aryl methyl sites for hydroxylation is 1. The molecule has 1 aromatic heterocycles. The van der Waals surface area contributed by atoms with Crippen molar-refractivity contribution in [3.8, 4) is 0 Å². The third kappa shape index (κ3) is 3.73. The van der Waals surface area contributed by atoms with Crippen LogP contribution in [0.1, 0.15) is 18.1 Å². The Balaban J connectivity index is 1.27. The second kappa shape index (κ2) is 8.21. The summed E-state index contributed by atoms with van der Waals surface area (Å²) in [5.74, 6) is -0.151. The third-order valence-electron chi connectivity index (χ3n) is 6.64. The van der Waals surface area contributed by atoms with Crippen LogP contribution in [0.2, 0.25) is 0 Å². The van der Waals surface area contributed by atoms with Gasteiger partial charge in [-0.05, 0) is 37.3 Å². The van der Waals surface area contributed by atoms with Crippen LogP contribution in [0.15, 0.2) is 66.7 Å². The van der Waals surface area contributed by atoms with Crippen LogP contribution < -0.4 is 9.80 Å². The maximum Gasteiger partial charge on any atom is 0.127 e. The fraction of sp³-hybridized carbons (Fsp3) is 0.308. The molecule has 1 aliphatic heterocycles. The van der Waals surface area contributed by atoms with Crippen molar-refractivity contribution >= 4 is 21.8 Å². The number of nitrogens with one attached hydrogen (secondary N) is 2. The first-order valence-electron chi connectivity index (χ1n) is 11.1. The average molecular weight is 404 g/mol. The Morgan fingerprint density at radius 2 is 1.33 bits per heavy atom. The van der Waals surface area contributed by atoms with Crippen molar-refractivity contribution in [2.75, 3.05) is 26.2 Å². The van der Waals surface area contributed by atoms with Crippen molar-refractivity contribution < 1.29 is 14.2 Å². The predicted molar refractivity (Wildman–Crippen MR) is 120 cm³/mol. The molecule has 0 radical (unpaired) electrons. The van der Waals surface area contributed by atoms with Gasteiger partial charge in [0, 0.05) is 39.5 Å². The van der Waals surface area contributed by atoms with E-state index in [1.807, 2.05) is 12.1 Å². The summed E-state index contributed by atoms with van der Waals surface area (Å²) in [5.41, 5.74) is 5.33. The maximum atomic E-state index is 13.1. The molecule has 30 heavy (non-hydrogen) atoms. The highest BCUT2D eigenvalue weighted by molar-refractivity contribution is 6.08. The summed E-state index contributed by atoms with van der Waals surface area (Å²) in [6, 6.07) is 22.8. The zero-order chi connectivity index (χ0) is 20.5. The normalized spacial score (nSPS) is 19.5. The lowest BCUT2D eigenvalue weighted by molar-refractivity contribution is -1.02. The van der Waals surface area contributed by atoms with E-state index in [1.54, 1.807) is 21.9 Å². The van der Waals surface area contributed by atoms with Crippen LogP contribution >= 0.6 is 0 Å². The third-order valence-corrected chi connectivity index (χ3v) is 6.64. The van der Waals surface area contributed by atoms with Gasteiger partial charge in [-0.3, -0.25) is 0 Å². The van der Waals surface area contributed by atoms with Gasteiger partial charge in [0.2, 0.25) is 0 Å². The Labute approximate surface area is 177 Å². The minimum Gasteiger partial charge on any atom is -0.341 e. The molecular formula is C26H30FN3+2. The minimum absolute atomic E-state index is 0.151. The van der Waals surface area contributed by atoms with Crippen LogP contribution in [-0.2, 0) is 19.6 Å². The molecule has 3 aromatic carbocycles. The Bertz CT molecular complexity index is 1150. The lowest BCUT2D eigenvalue weighted by Crippen LogP contribution is -3.27. The van der Waals surface area contributed by atoms with Crippen molar-refractivity contribution in [2.45, 2.75) is 26.6 Å². The van der Waals surface area contributed by atoms with Gasteiger partial charge in [-0.1, -0.05) is 36.4 Å². The summed E-state index contributed by atoms with van der Waals surface area (Å²) >= 11 is 0. The molecule has 0 aliphatic carbocycles. The number of fused-ring (bicyclic) bond motifs is 3. The summed E-state index contributed by atoms with van der Waals surface area (Å²) in [6.45, 7) is 10.0. The molecule has 2 heterocycles. The molecule has 154 valence electrons. The fourth-order valence-corrected chi connectivity index (χ4v) is 5.04. The molecule has 4 heteroatoms. The maximum absolute atomic E-state index is 13.1. The van der Waals surface area contributed by atoms with Crippen molar-refractivity contribution in [2.24, 2.45) is 0 Å². The van der Waals surface area contributed by atoms with E-state index in [1.165, 1.54) is 59.1 Å². The second-order valence-corrected chi connectivity index (χ2v) is 8.59. The Morgan fingerprint density at radius 3 is 2.03 bits per heavy atom. The number of halogens is 1. The number of nitrogens with zero attached hydrogens (tertiary/aromatic N) is 1. The largest absolute Gasteiger partial charge is 0.341 e. The van der Waals surface area contributed by atoms with Crippen LogP contribution in [0.4, 0.5) is 4.39 Å². The topological polar surface area (TPSA) is 13.8 Å². The molecule has 0 unspecified atom stereocenters. The minimum atomic E-state index is -0.151. The molecule has 1 saturated heterocycles. The zero-order valence-corrected chi connectivity index (χ0v) is 17.6. The fourth-order valence-electron chi connectivity index (χ4n) is 5.04. The van der Waals surface area contributed by atoms with Crippen LogP contribution in [0.25, 0.3) is 21.8 Å². The van der Waals surface area contributed by atoms with Gasteiger partial charge in [0.05, 0.1) is 0 Å². The summed E-state index contributed by atoms with van der Waals surface area (Å²) in [6.07, 6.45) is 0. The van der Waals surface area contributed by atoms with Gasteiger partial charge in [0.15, 0.2) is 0 Å². The summed E-state index contributed by atoms with van der Waals surface area (Å²) in [7, 11) is 0.